The summed E-state index contributed by atoms with van der Waals surface area (Å²) in [5, 5.41) is 2.30. The number of aromatic nitrogens is 2. The zero-order chi connectivity index (χ0) is 25.1. The summed E-state index contributed by atoms with van der Waals surface area (Å²) >= 11 is 0. The minimum Gasteiger partial charge on any atom is -0.501 e. The second-order valence-corrected chi connectivity index (χ2v) is 9.28. The number of para-hydroxylation sites is 1. The number of aryl methyl sites for hydroxylation is 2. The molecule has 37 heavy (non-hydrogen) atoms. The predicted octanol–water partition coefficient (Wildman–Crippen LogP) is 8.73. The summed E-state index contributed by atoms with van der Waals surface area (Å²) in [4.78, 5) is 8.83. The molecule has 0 aliphatic carbocycles. The number of benzene rings is 3. The van der Waals surface area contributed by atoms with Gasteiger partial charge in [0.05, 0.1) is 5.58 Å². The number of furan rings is 1. The second kappa shape index (κ2) is 11.6. The Kier molecular flexibility index (Phi) is 8.33. The molecule has 3 nitrogen and oxygen atoms in total. The van der Waals surface area contributed by atoms with Crippen molar-refractivity contribution in [2.24, 2.45) is 0 Å². The number of fused-ring (bicyclic) bond motifs is 3. The van der Waals surface area contributed by atoms with Crippen LogP contribution >= 0.6 is 0 Å². The van der Waals surface area contributed by atoms with E-state index in [9.17, 15) is 0 Å². The van der Waals surface area contributed by atoms with Crippen molar-refractivity contribution in [1.82, 2.24) is 9.97 Å². The van der Waals surface area contributed by atoms with E-state index in [0.717, 1.165) is 50.0 Å². The van der Waals surface area contributed by atoms with Crippen LogP contribution < -0.4 is 0 Å². The van der Waals surface area contributed by atoms with E-state index < -0.39 is 0 Å². The first-order valence-corrected chi connectivity index (χ1v) is 12.2. The molecule has 0 saturated carbocycles. The van der Waals surface area contributed by atoms with Crippen molar-refractivity contribution in [3.63, 3.8) is 0 Å². The van der Waals surface area contributed by atoms with E-state index in [1.165, 1.54) is 11.1 Å². The van der Waals surface area contributed by atoms with Crippen LogP contribution in [0.5, 0.6) is 0 Å². The van der Waals surface area contributed by atoms with E-state index in [2.05, 4.69) is 67.1 Å². The Bertz CT molecular complexity index is 1620. The van der Waals surface area contributed by atoms with Gasteiger partial charge < -0.3 is 14.4 Å². The standard InChI is InChI=1S/C19H14NO.C14H14N.Ir/c1-12-7-10-16(20-11-12)14-9-8-13(2)18-15-5-3-4-6-17(15)21-19(14)18;1-11(2)12-6-5-7-13(10-12)14-8-3-4-9-15-14;/h3-8,10-11H,1-2H3;3-6,8-11H,1-2H3;/q2*-1;. The fourth-order valence-electron chi connectivity index (χ4n) is 4.25. The van der Waals surface area contributed by atoms with Crippen molar-refractivity contribution >= 4 is 21.9 Å². The molecule has 6 aromatic rings. The van der Waals surface area contributed by atoms with Crippen LogP contribution in [0.2, 0.25) is 0 Å². The molecule has 0 unspecified atom stereocenters. The summed E-state index contributed by atoms with van der Waals surface area (Å²) in [5.74, 6) is 0.544. The van der Waals surface area contributed by atoms with Gasteiger partial charge in [-0.1, -0.05) is 74.2 Å². The van der Waals surface area contributed by atoms with Crippen molar-refractivity contribution in [1.29, 1.82) is 0 Å². The summed E-state index contributed by atoms with van der Waals surface area (Å²) in [5.41, 5.74) is 9.29. The van der Waals surface area contributed by atoms with Gasteiger partial charge in [0.25, 0.3) is 0 Å². The third-order valence-corrected chi connectivity index (χ3v) is 6.25. The molecule has 3 heterocycles. The molecule has 3 aromatic carbocycles. The van der Waals surface area contributed by atoms with E-state index in [1.807, 2.05) is 73.9 Å². The van der Waals surface area contributed by atoms with E-state index >= 15 is 0 Å². The Morgan fingerprint density at radius 2 is 1.65 bits per heavy atom. The first kappa shape index (κ1) is 26.5. The summed E-state index contributed by atoms with van der Waals surface area (Å²) in [6, 6.07) is 32.9. The molecule has 0 spiro atoms. The molecule has 1 radical (unpaired) electrons. The van der Waals surface area contributed by atoms with E-state index in [0.29, 0.717) is 5.92 Å². The largest absolute Gasteiger partial charge is 0.501 e. The minimum absolute atomic E-state index is 0. The second-order valence-electron chi connectivity index (χ2n) is 9.28. The molecular weight excluding hydrogens is 633 g/mol. The van der Waals surface area contributed by atoms with Crippen molar-refractivity contribution < 1.29 is 24.5 Å². The van der Waals surface area contributed by atoms with Crippen LogP contribution in [-0.4, -0.2) is 9.97 Å². The van der Waals surface area contributed by atoms with Crippen LogP contribution in [0, 0.1) is 26.0 Å². The average molecular weight is 661 g/mol. The maximum atomic E-state index is 6.08. The van der Waals surface area contributed by atoms with Gasteiger partial charge in [0.2, 0.25) is 0 Å². The minimum atomic E-state index is 0. The number of hydrogen-bond donors (Lipinski definition) is 0. The zero-order valence-corrected chi connectivity index (χ0v) is 23.8. The van der Waals surface area contributed by atoms with Gasteiger partial charge in [-0.25, -0.2) is 0 Å². The molecule has 187 valence electrons. The SMILES string of the molecule is CC(C)c1cc[c-]c(-c2ccccn2)c1.Cc1ccc(-c2[c-]cc(C)c3c2oc2ccccc23)nc1.[Ir]. The predicted molar refractivity (Wildman–Crippen MR) is 148 cm³/mol. The van der Waals surface area contributed by atoms with Gasteiger partial charge in [-0.3, -0.25) is 0 Å². The summed E-state index contributed by atoms with van der Waals surface area (Å²) in [7, 11) is 0. The maximum absolute atomic E-state index is 6.08. The molecule has 0 amide bonds. The molecule has 0 aliphatic rings. The number of rotatable bonds is 3. The van der Waals surface area contributed by atoms with Gasteiger partial charge in [0.15, 0.2) is 0 Å². The zero-order valence-electron chi connectivity index (χ0n) is 21.4. The molecule has 0 N–H and O–H groups in total. The Hall–Kier alpha value is -3.59. The fourth-order valence-corrected chi connectivity index (χ4v) is 4.25. The van der Waals surface area contributed by atoms with Crippen molar-refractivity contribution in [2.75, 3.05) is 0 Å². The van der Waals surface area contributed by atoms with Crippen LogP contribution in [0.1, 0.15) is 36.5 Å². The van der Waals surface area contributed by atoms with Crippen LogP contribution in [0.15, 0.2) is 95.7 Å². The average Bonchev–Trinajstić information content (AvgIpc) is 3.31. The van der Waals surface area contributed by atoms with Crippen LogP contribution in [0.4, 0.5) is 0 Å². The van der Waals surface area contributed by atoms with Crippen molar-refractivity contribution in [3.8, 4) is 22.5 Å². The van der Waals surface area contributed by atoms with Gasteiger partial charge in [-0.15, -0.1) is 53.1 Å². The van der Waals surface area contributed by atoms with Crippen molar-refractivity contribution in [2.45, 2.75) is 33.6 Å². The molecule has 0 atom stereocenters. The normalized spacial score (nSPS) is 10.7. The summed E-state index contributed by atoms with van der Waals surface area (Å²) in [6.45, 7) is 8.51. The summed E-state index contributed by atoms with van der Waals surface area (Å²) in [6.07, 6.45) is 3.68. The Balaban J connectivity index is 0.000000178. The molecule has 4 heteroatoms. The molecule has 3 aromatic heterocycles. The maximum Gasteiger partial charge on any atom is 0.120 e. The topological polar surface area (TPSA) is 38.9 Å². The Labute approximate surface area is 232 Å². The van der Waals surface area contributed by atoms with Crippen LogP contribution in [-0.2, 0) is 20.1 Å². The van der Waals surface area contributed by atoms with E-state index in [4.69, 9.17) is 4.42 Å². The van der Waals surface area contributed by atoms with Crippen LogP contribution in [0.25, 0.3) is 44.5 Å². The quantitative estimate of drug-likeness (QED) is 0.178. The Morgan fingerprint density at radius 3 is 2.38 bits per heavy atom. The van der Waals surface area contributed by atoms with Gasteiger partial charge in [-0.05, 0) is 41.9 Å². The summed E-state index contributed by atoms with van der Waals surface area (Å²) < 4.78 is 6.08. The molecule has 6 rings (SSSR count). The van der Waals surface area contributed by atoms with Crippen LogP contribution in [0.3, 0.4) is 0 Å². The monoisotopic (exact) mass is 661 g/mol. The van der Waals surface area contributed by atoms with E-state index in [1.54, 1.807) is 0 Å². The van der Waals surface area contributed by atoms with Crippen molar-refractivity contribution in [3.05, 3.63) is 120 Å². The third kappa shape index (κ3) is 5.72. The first-order valence-electron chi connectivity index (χ1n) is 12.2. The van der Waals surface area contributed by atoms with Gasteiger partial charge in [0.1, 0.15) is 5.58 Å². The smallest absolute Gasteiger partial charge is 0.120 e. The van der Waals surface area contributed by atoms with Gasteiger partial charge in [0, 0.05) is 37.9 Å². The molecule has 0 aliphatic heterocycles. The molecule has 0 bridgehead atoms. The number of nitrogens with zero attached hydrogens (tertiary/aromatic N) is 2. The number of pyridine rings is 2. The molecular formula is C33H28IrN2O-2. The Morgan fingerprint density at radius 1 is 0.838 bits per heavy atom. The van der Waals surface area contributed by atoms with Gasteiger partial charge >= 0.3 is 0 Å². The van der Waals surface area contributed by atoms with Gasteiger partial charge in [-0.2, -0.15) is 0 Å². The fraction of sp³-hybridized carbons (Fsp3) is 0.152. The molecule has 0 saturated heterocycles. The first-order chi connectivity index (χ1) is 17.5. The van der Waals surface area contributed by atoms with E-state index in [-0.39, 0.29) is 20.1 Å². The molecule has 0 fully saturated rings. The third-order valence-electron chi connectivity index (χ3n) is 6.25. The number of hydrogen-bond acceptors (Lipinski definition) is 3.